The molecule has 0 aliphatic rings. The summed E-state index contributed by atoms with van der Waals surface area (Å²) in [5.41, 5.74) is 0. The molecule has 0 aliphatic heterocycles. The van der Waals surface area contributed by atoms with Crippen LogP contribution in [0.4, 0.5) is 0 Å². The molecule has 0 aliphatic carbocycles. The number of rotatable bonds is 29. The Morgan fingerprint density at radius 3 is 1.09 bits per heavy atom. The second-order valence-electron chi connectivity index (χ2n) is 6.84. The number of carboxylic acid groups (broad SMARTS) is 1. The molecule has 0 unspecified atom stereocenters. The number of ether oxygens (including phenoxy) is 8. The number of halogens is 1. The van der Waals surface area contributed by atoms with Crippen LogP contribution in [0.5, 0.6) is 0 Å². The van der Waals surface area contributed by atoms with Gasteiger partial charge in [-0.15, -0.1) is 11.6 Å². The third-order valence-corrected chi connectivity index (χ3v) is 4.27. The molecule has 0 saturated carbocycles. The highest BCUT2D eigenvalue weighted by Crippen LogP contribution is 2.01. The quantitative estimate of drug-likeness (QED) is 0.120. The third-order valence-electron chi connectivity index (χ3n) is 4.00. The predicted molar refractivity (Wildman–Crippen MR) is 123 cm³/mol. The van der Waals surface area contributed by atoms with Crippen molar-refractivity contribution in [2.75, 3.05) is 112 Å². The highest BCUT2D eigenvalue weighted by Gasteiger charge is 1.97. The summed E-state index contributed by atoms with van der Waals surface area (Å²) in [6.07, 6.45) is 4.48. The van der Waals surface area contributed by atoms with Gasteiger partial charge in [0, 0.05) is 12.5 Å². The van der Waals surface area contributed by atoms with E-state index in [-0.39, 0.29) is 13.2 Å². The molecule has 0 rings (SSSR count). The molecule has 0 aromatic carbocycles. The standard InChI is InChI=1S/C22H43ClO10/c23-5-3-1-2-4-6-26-7-8-27-9-10-28-11-12-29-13-14-30-15-16-31-17-18-32-19-20-33-21-22(24)25/h1-21H2,(H,24,25). The normalized spacial score (nSPS) is 11.3. The highest BCUT2D eigenvalue weighted by atomic mass is 35.5. The van der Waals surface area contributed by atoms with E-state index in [0.29, 0.717) is 85.9 Å². The summed E-state index contributed by atoms with van der Waals surface area (Å²) >= 11 is 5.63. The maximum Gasteiger partial charge on any atom is 0.329 e. The van der Waals surface area contributed by atoms with Crippen molar-refractivity contribution in [2.24, 2.45) is 0 Å². The summed E-state index contributed by atoms with van der Waals surface area (Å²) in [5.74, 6) is -0.249. The molecule has 33 heavy (non-hydrogen) atoms. The number of unbranched alkanes of at least 4 members (excludes halogenated alkanes) is 3. The van der Waals surface area contributed by atoms with E-state index in [1.54, 1.807) is 0 Å². The van der Waals surface area contributed by atoms with E-state index in [1.807, 2.05) is 0 Å². The van der Waals surface area contributed by atoms with Crippen LogP contribution < -0.4 is 0 Å². The number of alkyl halides is 1. The summed E-state index contributed by atoms with van der Waals surface area (Å²) in [6.45, 7) is 7.20. The van der Waals surface area contributed by atoms with Gasteiger partial charge in [0.05, 0.1) is 92.5 Å². The van der Waals surface area contributed by atoms with Crippen LogP contribution in [0.3, 0.4) is 0 Å². The Morgan fingerprint density at radius 1 is 0.455 bits per heavy atom. The Morgan fingerprint density at radius 2 is 0.758 bits per heavy atom. The van der Waals surface area contributed by atoms with Crippen molar-refractivity contribution in [3.8, 4) is 0 Å². The van der Waals surface area contributed by atoms with Crippen LogP contribution in [0, 0.1) is 0 Å². The Bertz CT molecular complexity index is 390. The van der Waals surface area contributed by atoms with Gasteiger partial charge in [-0.3, -0.25) is 0 Å². The average molecular weight is 503 g/mol. The highest BCUT2D eigenvalue weighted by molar-refractivity contribution is 6.17. The first-order valence-electron chi connectivity index (χ1n) is 11.7. The second-order valence-corrected chi connectivity index (χ2v) is 7.21. The third kappa shape index (κ3) is 31.4. The van der Waals surface area contributed by atoms with E-state index < -0.39 is 5.97 Å². The van der Waals surface area contributed by atoms with Crippen LogP contribution >= 0.6 is 11.6 Å². The van der Waals surface area contributed by atoms with Crippen molar-refractivity contribution in [3.05, 3.63) is 0 Å². The van der Waals surface area contributed by atoms with Crippen LogP contribution in [-0.4, -0.2) is 123 Å². The van der Waals surface area contributed by atoms with E-state index in [4.69, 9.17) is 54.6 Å². The van der Waals surface area contributed by atoms with E-state index in [2.05, 4.69) is 0 Å². The van der Waals surface area contributed by atoms with Gasteiger partial charge in [-0.05, 0) is 12.8 Å². The molecule has 0 fully saturated rings. The smallest absolute Gasteiger partial charge is 0.329 e. The molecule has 0 saturated heterocycles. The van der Waals surface area contributed by atoms with Gasteiger partial charge in [0.25, 0.3) is 0 Å². The second kappa shape index (κ2) is 29.5. The summed E-state index contributed by atoms with van der Waals surface area (Å²) in [4.78, 5) is 10.2. The van der Waals surface area contributed by atoms with E-state index >= 15 is 0 Å². The molecule has 0 atom stereocenters. The largest absolute Gasteiger partial charge is 0.480 e. The Hall–Kier alpha value is -0.560. The SMILES string of the molecule is O=C(O)COCCOCCOCCOCCOCCOCCOCCOCCCCCCCl. The van der Waals surface area contributed by atoms with E-state index in [0.717, 1.165) is 31.7 Å². The molecule has 11 heteroatoms. The number of hydrogen-bond donors (Lipinski definition) is 1. The fraction of sp³-hybridized carbons (Fsp3) is 0.955. The Kier molecular flexibility index (Phi) is 29.0. The van der Waals surface area contributed by atoms with Gasteiger partial charge in [0.2, 0.25) is 0 Å². The average Bonchev–Trinajstić information content (AvgIpc) is 2.80. The summed E-state index contributed by atoms with van der Waals surface area (Å²) in [7, 11) is 0. The lowest BCUT2D eigenvalue weighted by Crippen LogP contribution is -2.15. The molecule has 0 heterocycles. The van der Waals surface area contributed by atoms with Gasteiger partial charge >= 0.3 is 5.97 Å². The first-order chi connectivity index (χ1) is 16.3. The summed E-state index contributed by atoms with van der Waals surface area (Å²) < 4.78 is 42.6. The first kappa shape index (κ1) is 32.4. The molecular weight excluding hydrogens is 460 g/mol. The van der Waals surface area contributed by atoms with Crippen LogP contribution in [0.25, 0.3) is 0 Å². The van der Waals surface area contributed by atoms with Crippen LogP contribution in [0.1, 0.15) is 25.7 Å². The zero-order valence-corrected chi connectivity index (χ0v) is 20.6. The molecule has 0 amide bonds. The topological polar surface area (TPSA) is 111 Å². The minimum Gasteiger partial charge on any atom is -0.480 e. The van der Waals surface area contributed by atoms with Crippen molar-refractivity contribution < 1.29 is 47.8 Å². The number of hydrogen-bond acceptors (Lipinski definition) is 9. The maximum absolute atomic E-state index is 10.2. The molecule has 0 bridgehead atoms. The molecule has 10 nitrogen and oxygen atoms in total. The maximum atomic E-state index is 10.2. The zero-order valence-electron chi connectivity index (χ0n) is 19.8. The molecule has 0 aromatic heterocycles. The van der Waals surface area contributed by atoms with Crippen molar-refractivity contribution >= 4 is 17.6 Å². The van der Waals surface area contributed by atoms with E-state index in [1.165, 1.54) is 6.42 Å². The van der Waals surface area contributed by atoms with Gasteiger partial charge in [-0.25, -0.2) is 4.79 Å². The van der Waals surface area contributed by atoms with E-state index in [9.17, 15) is 4.79 Å². The molecule has 1 N–H and O–H groups in total. The summed E-state index contributed by atoms with van der Waals surface area (Å²) in [5, 5.41) is 8.39. The van der Waals surface area contributed by atoms with Crippen LogP contribution in [0.2, 0.25) is 0 Å². The van der Waals surface area contributed by atoms with Gasteiger partial charge < -0.3 is 43.0 Å². The lowest BCUT2D eigenvalue weighted by atomic mass is 10.2. The van der Waals surface area contributed by atoms with Gasteiger partial charge in [0.15, 0.2) is 0 Å². The minimum absolute atomic E-state index is 0.250. The number of carbonyl (C=O) groups is 1. The monoisotopic (exact) mass is 502 g/mol. The van der Waals surface area contributed by atoms with Gasteiger partial charge in [-0.1, -0.05) is 12.8 Å². The Labute approximate surface area is 203 Å². The predicted octanol–water partition coefficient (Wildman–Crippen LogP) is 2.00. The minimum atomic E-state index is -0.990. The lowest BCUT2D eigenvalue weighted by Gasteiger charge is -2.08. The van der Waals surface area contributed by atoms with Crippen molar-refractivity contribution in [1.29, 1.82) is 0 Å². The van der Waals surface area contributed by atoms with Crippen molar-refractivity contribution in [1.82, 2.24) is 0 Å². The van der Waals surface area contributed by atoms with Gasteiger partial charge in [-0.2, -0.15) is 0 Å². The molecule has 198 valence electrons. The van der Waals surface area contributed by atoms with Crippen LogP contribution in [0.15, 0.2) is 0 Å². The Balaban J connectivity index is 3.01. The zero-order chi connectivity index (χ0) is 24.1. The van der Waals surface area contributed by atoms with Gasteiger partial charge in [0.1, 0.15) is 6.61 Å². The van der Waals surface area contributed by atoms with Crippen molar-refractivity contribution in [2.45, 2.75) is 25.7 Å². The number of carboxylic acids is 1. The van der Waals surface area contributed by atoms with Crippen LogP contribution in [-0.2, 0) is 42.7 Å². The molecular formula is C22H43ClO10. The first-order valence-corrected chi connectivity index (χ1v) is 12.2. The number of aliphatic carboxylic acids is 1. The lowest BCUT2D eigenvalue weighted by molar-refractivity contribution is -0.142. The fourth-order valence-corrected chi connectivity index (χ4v) is 2.54. The summed E-state index contributed by atoms with van der Waals surface area (Å²) in [6, 6.07) is 0. The van der Waals surface area contributed by atoms with Crippen molar-refractivity contribution in [3.63, 3.8) is 0 Å². The molecule has 0 radical (unpaired) electrons. The fourth-order valence-electron chi connectivity index (χ4n) is 2.35. The molecule has 0 aromatic rings. The molecule has 0 spiro atoms.